The Labute approximate surface area is 123 Å². The normalized spacial score (nSPS) is 12.3. The van der Waals surface area contributed by atoms with Crippen LogP contribution >= 0.6 is 22.9 Å². The van der Waals surface area contributed by atoms with Crippen LogP contribution < -0.4 is 5.32 Å². The summed E-state index contributed by atoms with van der Waals surface area (Å²) in [5.41, 5.74) is 0. The van der Waals surface area contributed by atoms with Crippen molar-refractivity contribution in [2.45, 2.75) is 13.0 Å². The lowest BCUT2D eigenvalue weighted by atomic mass is 10.4. The zero-order valence-electron chi connectivity index (χ0n) is 10.4. The molecular formula is C11H10ClN7S. The quantitative estimate of drug-likeness (QED) is 0.796. The van der Waals surface area contributed by atoms with Crippen molar-refractivity contribution in [2.75, 3.05) is 5.32 Å². The van der Waals surface area contributed by atoms with Gasteiger partial charge >= 0.3 is 0 Å². The molecule has 0 amide bonds. The van der Waals surface area contributed by atoms with E-state index in [-0.39, 0.29) is 11.3 Å². The van der Waals surface area contributed by atoms with Crippen LogP contribution in [0.4, 0.5) is 5.95 Å². The molecule has 0 fully saturated rings. The average Bonchev–Trinajstić information content (AvgIpc) is 3.12. The third-order valence-corrected chi connectivity index (χ3v) is 3.63. The van der Waals surface area contributed by atoms with E-state index >= 15 is 0 Å². The van der Waals surface area contributed by atoms with Crippen molar-refractivity contribution >= 4 is 28.9 Å². The zero-order valence-corrected chi connectivity index (χ0v) is 12.0. The highest BCUT2D eigenvalue weighted by Gasteiger charge is 2.12. The van der Waals surface area contributed by atoms with Crippen molar-refractivity contribution < 1.29 is 0 Å². The number of halogens is 1. The maximum absolute atomic E-state index is 5.93. The molecule has 9 heteroatoms. The van der Waals surface area contributed by atoms with Crippen LogP contribution in [0.1, 0.15) is 18.0 Å². The largest absolute Gasteiger partial charge is 0.345 e. The number of anilines is 1. The van der Waals surface area contributed by atoms with Crippen LogP contribution in [0.25, 0.3) is 5.95 Å². The monoisotopic (exact) mass is 307 g/mol. The first-order valence-corrected chi connectivity index (χ1v) is 7.04. The molecule has 0 saturated heterocycles. The van der Waals surface area contributed by atoms with Crippen molar-refractivity contribution in [1.29, 1.82) is 0 Å². The average molecular weight is 308 g/mol. The van der Waals surface area contributed by atoms with Crippen molar-refractivity contribution in [2.24, 2.45) is 0 Å². The highest BCUT2D eigenvalue weighted by Crippen LogP contribution is 2.19. The third-order valence-electron chi connectivity index (χ3n) is 2.50. The fraction of sp³-hybridized carbons (Fsp3) is 0.182. The highest BCUT2D eigenvalue weighted by atomic mass is 35.5. The van der Waals surface area contributed by atoms with Gasteiger partial charge < -0.3 is 5.32 Å². The van der Waals surface area contributed by atoms with Crippen LogP contribution in [0.15, 0.2) is 30.3 Å². The van der Waals surface area contributed by atoms with E-state index in [4.69, 9.17) is 11.6 Å². The Bertz CT molecular complexity index is 683. The number of imidazole rings is 1. The van der Waals surface area contributed by atoms with Gasteiger partial charge in [-0.3, -0.25) is 4.57 Å². The predicted molar refractivity (Wildman–Crippen MR) is 76.1 cm³/mol. The molecule has 3 aromatic rings. The van der Waals surface area contributed by atoms with Gasteiger partial charge in [0.05, 0.1) is 6.04 Å². The summed E-state index contributed by atoms with van der Waals surface area (Å²) in [6, 6.07) is -0.0101. The van der Waals surface area contributed by atoms with Crippen LogP contribution in [0.5, 0.6) is 0 Å². The first kappa shape index (κ1) is 12.9. The SMILES string of the molecule is CC(Nc1nc(Cl)nc(-n2ccnc2)n1)c1nccs1. The standard InChI is InChI=1S/C11H10ClN7S/c1-7(8-14-3-5-20-8)15-10-16-9(12)17-11(18-10)19-4-2-13-6-19/h2-7H,1H3,(H,15,16,17,18). The molecule has 0 aliphatic rings. The summed E-state index contributed by atoms with van der Waals surface area (Å²) in [6.45, 7) is 1.98. The molecule has 3 aromatic heterocycles. The van der Waals surface area contributed by atoms with Gasteiger partial charge in [-0.25, -0.2) is 9.97 Å². The molecule has 1 atom stereocenters. The first-order valence-electron chi connectivity index (χ1n) is 5.78. The lowest BCUT2D eigenvalue weighted by molar-refractivity contribution is 0.826. The molecule has 0 aliphatic carbocycles. The van der Waals surface area contributed by atoms with E-state index in [9.17, 15) is 0 Å². The van der Waals surface area contributed by atoms with Gasteiger partial charge in [0.25, 0.3) is 0 Å². The number of aromatic nitrogens is 6. The van der Waals surface area contributed by atoms with E-state index in [1.54, 1.807) is 40.8 Å². The van der Waals surface area contributed by atoms with E-state index in [2.05, 4.69) is 30.2 Å². The van der Waals surface area contributed by atoms with Gasteiger partial charge in [-0.1, -0.05) is 0 Å². The van der Waals surface area contributed by atoms with E-state index in [1.807, 2.05) is 12.3 Å². The van der Waals surface area contributed by atoms with E-state index < -0.39 is 0 Å². The second kappa shape index (κ2) is 5.51. The van der Waals surface area contributed by atoms with Crippen molar-refractivity contribution in [1.82, 2.24) is 29.5 Å². The molecular weight excluding hydrogens is 298 g/mol. The molecule has 0 saturated carbocycles. The minimum atomic E-state index is -0.0101. The number of nitrogens with one attached hydrogen (secondary N) is 1. The second-order valence-electron chi connectivity index (χ2n) is 3.93. The van der Waals surface area contributed by atoms with Crippen LogP contribution in [0, 0.1) is 0 Å². The molecule has 1 unspecified atom stereocenters. The second-order valence-corrected chi connectivity index (χ2v) is 5.20. The Hall–Kier alpha value is -2.06. The first-order chi connectivity index (χ1) is 9.72. The van der Waals surface area contributed by atoms with Crippen molar-refractivity contribution in [3.63, 3.8) is 0 Å². The Morgan fingerprint density at radius 1 is 1.30 bits per heavy atom. The number of nitrogens with zero attached hydrogens (tertiary/aromatic N) is 6. The lowest BCUT2D eigenvalue weighted by Crippen LogP contribution is -2.11. The van der Waals surface area contributed by atoms with E-state index in [0.717, 1.165) is 5.01 Å². The third kappa shape index (κ3) is 2.75. The molecule has 0 radical (unpaired) electrons. The summed E-state index contributed by atoms with van der Waals surface area (Å²) in [4.78, 5) is 20.6. The molecule has 3 rings (SSSR count). The summed E-state index contributed by atoms with van der Waals surface area (Å²) in [5.74, 6) is 0.813. The smallest absolute Gasteiger partial charge is 0.241 e. The number of hydrogen-bond acceptors (Lipinski definition) is 7. The van der Waals surface area contributed by atoms with Gasteiger partial charge in [-0.15, -0.1) is 11.3 Å². The lowest BCUT2D eigenvalue weighted by Gasteiger charge is -2.11. The maximum Gasteiger partial charge on any atom is 0.241 e. The zero-order chi connectivity index (χ0) is 13.9. The van der Waals surface area contributed by atoms with Gasteiger partial charge in [-0.05, 0) is 18.5 Å². The van der Waals surface area contributed by atoms with Crippen LogP contribution in [-0.4, -0.2) is 29.5 Å². The topological polar surface area (TPSA) is 81.4 Å². The summed E-state index contributed by atoms with van der Waals surface area (Å²) in [7, 11) is 0. The van der Waals surface area contributed by atoms with Gasteiger partial charge in [0.1, 0.15) is 11.3 Å². The summed E-state index contributed by atoms with van der Waals surface area (Å²) in [5, 5.41) is 6.15. The maximum atomic E-state index is 5.93. The number of rotatable bonds is 4. The molecule has 0 aromatic carbocycles. The number of thiazole rings is 1. The van der Waals surface area contributed by atoms with Crippen LogP contribution in [0.3, 0.4) is 0 Å². The van der Waals surface area contributed by atoms with Gasteiger partial charge in [0, 0.05) is 24.0 Å². The van der Waals surface area contributed by atoms with Gasteiger partial charge in [0.15, 0.2) is 0 Å². The molecule has 0 bridgehead atoms. The highest BCUT2D eigenvalue weighted by molar-refractivity contribution is 7.09. The van der Waals surface area contributed by atoms with Gasteiger partial charge in [0.2, 0.25) is 17.2 Å². The molecule has 3 heterocycles. The Kier molecular flexibility index (Phi) is 3.57. The molecule has 0 aliphatic heterocycles. The molecule has 20 heavy (non-hydrogen) atoms. The Balaban J connectivity index is 1.87. The summed E-state index contributed by atoms with van der Waals surface area (Å²) >= 11 is 7.49. The minimum absolute atomic E-state index is 0.0101. The van der Waals surface area contributed by atoms with Crippen molar-refractivity contribution in [3.05, 3.63) is 40.6 Å². The Morgan fingerprint density at radius 2 is 2.20 bits per heavy atom. The predicted octanol–water partition coefficient (Wildman–Crippen LogP) is 2.34. The molecule has 1 N–H and O–H groups in total. The molecule has 102 valence electrons. The summed E-state index contributed by atoms with van der Waals surface area (Å²) < 4.78 is 1.66. The van der Waals surface area contributed by atoms with E-state index in [1.165, 1.54) is 0 Å². The van der Waals surface area contributed by atoms with Crippen LogP contribution in [0.2, 0.25) is 5.28 Å². The van der Waals surface area contributed by atoms with Crippen molar-refractivity contribution in [3.8, 4) is 5.95 Å². The Morgan fingerprint density at radius 3 is 2.90 bits per heavy atom. The molecule has 0 spiro atoms. The minimum Gasteiger partial charge on any atom is -0.345 e. The molecule has 7 nitrogen and oxygen atoms in total. The van der Waals surface area contributed by atoms with Crippen LogP contribution in [-0.2, 0) is 0 Å². The fourth-order valence-electron chi connectivity index (χ4n) is 1.60. The number of hydrogen-bond donors (Lipinski definition) is 1. The fourth-order valence-corrected chi connectivity index (χ4v) is 2.40. The van der Waals surface area contributed by atoms with Gasteiger partial charge in [-0.2, -0.15) is 15.0 Å². The summed E-state index contributed by atoms with van der Waals surface area (Å²) in [6.07, 6.45) is 6.73. The van der Waals surface area contributed by atoms with E-state index in [0.29, 0.717) is 11.9 Å².